The standard InChI is InChI=1S/C142H133B2N5O/c1-136(2,3)99-72-58-92(59-73-99)110-44-28-33-53-121(110)145(106-40-24-22-25-41-106)108-86-127-132-128(87-108)148(134-113(95-64-78-102(79-65-95)139(10,11)12)47-38-48-114(134)96-66-80-103(81-67-96)140(13,14)15)125-91-126-120(90-119(125)143(132)117-51-31-36-56-124(117)147(127)123-55-35-30-46-112(123)94-62-76-101(77-63-94)138(7,8)9)144-118-52-32-37-57-130(118)150-131-89-109(146(107-42-26-23-27-43-107)122-54-34-29-45-111(122)93-60-74-100(75-61-93)137(4,5)6)88-129(133(131)144)149(126)135-115(97-68-82-104(83-69-97)141(16,17)18)49-39-50-116(135)98-70-84-105(85-71-98)142(19,20)21/h22-91H,1-21H3. The zero-order valence-corrected chi connectivity index (χ0v) is 90.7. The first-order chi connectivity index (χ1) is 71.8. The van der Waals surface area contributed by atoms with E-state index in [9.17, 15) is 0 Å². The lowest BCUT2D eigenvalue weighted by atomic mass is 9.30. The van der Waals surface area contributed by atoms with Crippen LogP contribution in [0.5, 0.6) is 11.5 Å². The van der Waals surface area contributed by atoms with Crippen molar-refractivity contribution in [3.8, 4) is 89.4 Å². The molecule has 4 heterocycles. The van der Waals surface area contributed by atoms with Crippen molar-refractivity contribution in [1.82, 2.24) is 0 Å². The lowest BCUT2D eigenvalue weighted by Crippen LogP contribution is -2.64. The molecule has 0 N–H and O–H groups in total. The predicted octanol–water partition coefficient (Wildman–Crippen LogP) is 35.9. The third-order valence-electron chi connectivity index (χ3n) is 31.7. The third-order valence-corrected chi connectivity index (χ3v) is 31.7. The molecule has 0 unspecified atom stereocenters. The lowest BCUT2D eigenvalue weighted by molar-refractivity contribution is 0.487. The van der Waals surface area contributed by atoms with Crippen LogP contribution < -0.4 is 62.0 Å². The van der Waals surface area contributed by atoms with Gasteiger partial charge in [-0.3, -0.25) is 0 Å². The van der Waals surface area contributed by atoms with Gasteiger partial charge in [-0.05, 0) is 227 Å². The second-order valence-corrected chi connectivity index (χ2v) is 48.9. The molecule has 4 aliphatic rings. The van der Waals surface area contributed by atoms with Gasteiger partial charge >= 0.3 is 0 Å². The van der Waals surface area contributed by atoms with Crippen molar-refractivity contribution in [3.63, 3.8) is 0 Å². The molecule has 0 aliphatic carbocycles. The van der Waals surface area contributed by atoms with Crippen LogP contribution in [0.3, 0.4) is 0 Å². The van der Waals surface area contributed by atoms with Crippen molar-refractivity contribution in [1.29, 1.82) is 0 Å². The van der Waals surface area contributed by atoms with E-state index in [0.717, 1.165) is 191 Å². The van der Waals surface area contributed by atoms with Gasteiger partial charge in [-0.25, -0.2) is 0 Å². The van der Waals surface area contributed by atoms with Crippen molar-refractivity contribution in [2.75, 3.05) is 24.5 Å². The Morgan fingerprint density at radius 1 is 0.180 bits per heavy atom. The van der Waals surface area contributed by atoms with Gasteiger partial charge in [0.1, 0.15) is 11.5 Å². The Bertz CT molecular complexity index is 8240. The largest absolute Gasteiger partial charge is 0.458 e. The van der Waals surface area contributed by atoms with Crippen molar-refractivity contribution in [3.05, 3.63) is 464 Å². The molecule has 0 bridgehead atoms. The highest BCUT2D eigenvalue weighted by atomic mass is 16.5. The van der Waals surface area contributed by atoms with Gasteiger partial charge in [-0.15, -0.1) is 0 Å². The zero-order valence-electron chi connectivity index (χ0n) is 90.7. The second kappa shape index (κ2) is 37.1. The SMILES string of the molecule is CC(C)(C)c1ccc(-c2ccccc2N(c2ccccc2)c2cc3c4c(c2)N(c2c(-c5ccc(C(C)(C)C)cc5)cccc2-c2ccc(C(C)(C)C)cc2)c2cc5c(cc2B4c2ccccc2O3)B2c3ccccc3N(c3ccccc3-c3ccc(C(C)(C)C)cc3)c3cc(N(c4ccccc4)c4ccccc4-c4ccc(C(C)(C)C)cc4)cc(c32)N5c2c(-c3ccc(C(C)(C)C)cc3)cccc2-c2ccc(C(C)(C)C)cc2)cc1. The molecule has 8 heteroatoms. The fraction of sp³-hybridized carbons (Fsp3) is 0.197. The molecule has 19 aromatic rings. The van der Waals surface area contributed by atoms with E-state index in [0.29, 0.717) is 0 Å². The molecule has 0 saturated carbocycles. The Morgan fingerprint density at radius 3 is 0.820 bits per heavy atom. The molecule has 0 fully saturated rings. The average molecular weight is 1950 g/mol. The van der Waals surface area contributed by atoms with E-state index in [1.165, 1.54) is 55.3 Å². The van der Waals surface area contributed by atoms with Crippen LogP contribution in [0.2, 0.25) is 0 Å². The molecule has 0 amide bonds. The summed E-state index contributed by atoms with van der Waals surface area (Å²) in [7, 11) is 0. The average Bonchev–Trinajstić information content (AvgIpc) is 0.676. The Morgan fingerprint density at radius 2 is 0.453 bits per heavy atom. The monoisotopic (exact) mass is 1950 g/mol. The summed E-state index contributed by atoms with van der Waals surface area (Å²) < 4.78 is 7.96. The molecule has 0 atom stereocenters. The summed E-state index contributed by atoms with van der Waals surface area (Å²) >= 11 is 0. The maximum atomic E-state index is 7.96. The molecule has 0 aromatic heterocycles. The molecule has 0 spiro atoms. The van der Waals surface area contributed by atoms with E-state index < -0.39 is 13.4 Å². The molecular formula is C142H133B2N5O. The van der Waals surface area contributed by atoms with Gasteiger partial charge in [0.15, 0.2) is 0 Å². The quantitative estimate of drug-likeness (QED) is 0.0895. The van der Waals surface area contributed by atoms with E-state index in [4.69, 9.17) is 4.74 Å². The van der Waals surface area contributed by atoms with Crippen LogP contribution in [0, 0.1) is 0 Å². The van der Waals surface area contributed by atoms with Crippen LogP contribution in [-0.2, 0) is 37.9 Å². The van der Waals surface area contributed by atoms with Gasteiger partial charge in [0.25, 0.3) is 13.4 Å². The first-order valence-corrected chi connectivity index (χ1v) is 53.7. The summed E-state index contributed by atoms with van der Waals surface area (Å²) in [5.41, 5.74) is 45.8. The molecule has 150 heavy (non-hydrogen) atoms. The van der Waals surface area contributed by atoms with Gasteiger partial charge in [0.05, 0.1) is 39.8 Å². The Hall–Kier alpha value is -15.9. The minimum atomic E-state index is -0.417. The summed E-state index contributed by atoms with van der Waals surface area (Å²) in [4.78, 5) is 13.2. The molecule has 738 valence electrons. The summed E-state index contributed by atoms with van der Waals surface area (Å²) in [5.74, 6) is 1.59. The van der Waals surface area contributed by atoms with E-state index >= 15 is 0 Å². The van der Waals surface area contributed by atoms with Crippen LogP contribution in [-0.4, -0.2) is 13.4 Å². The van der Waals surface area contributed by atoms with Crippen molar-refractivity contribution in [2.24, 2.45) is 0 Å². The van der Waals surface area contributed by atoms with E-state index in [2.05, 4.69) is 595 Å². The van der Waals surface area contributed by atoms with Crippen LogP contribution in [0.4, 0.5) is 85.3 Å². The maximum absolute atomic E-state index is 7.96. The van der Waals surface area contributed by atoms with Gasteiger partial charge in [0, 0.05) is 90.5 Å². The normalized spacial score (nSPS) is 13.2. The van der Waals surface area contributed by atoms with Crippen molar-refractivity contribution in [2.45, 2.75) is 183 Å². The van der Waals surface area contributed by atoms with E-state index in [-0.39, 0.29) is 37.9 Å². The highest BCUT2D eigenvalue weighted by molar-refractivity contribution is 7.03. The number of ether oxygens (including phenoxy) is 1. The summed E-state index contributed by atoms with van der Waals surface area (Å²) in [5, 5.41) is 0. The zero-order chi connectivity index (χ0) is 104. The third kappa shape index (κ3) is 17.6. The number of fused-ring (bicyclic) bond motifs is 8. The number of para-hydroxylation sites is 9. The number of hydrogen-bond acceptors (Lipinski definition) is 6. The number of nitrogens with zero attached hydrogens (tertiary/aromatic N) is 5. The number of benzene rings is 19. The Balaban J connectivity index is 0.909. The Kier molecular flexibility index (Phi) is 24.1. The molecule has 19 aromatic carbocycles. The number of rotatable bonds is 16. The topological polar surface area (TPSA) is 25.4 Å². The molecule has 23 rings (SSSR count). The van der Waals surface area contributed by atoms with Crippen molar-refractivity contribution >= 4 is 132 Å². The van der Waals surface area contributed by atoms with Gasteiger partial charge in [-0.1, -0.05) is 485 Å². The molecule has 0 saturated heterocycles. The molecule has 6 nitrogen and oxygen atoms in total. The predicted molar refractivity (Wildman–Crippen MR) is 645 cm³/mol. The van der Waals surface area contributed by atoms with Gasteiger partial charge in [0.2, 0.25) is 0 Å². The first kappa shape index (κ1) is 97.5. The molecule has 0 radical (unpaired) electrons. The number of anilines is 15. The summed E-state index contributed by atoms with van der Waals surface area (Å²) in [6.45, 7) is 47.9. The summed E-state index contributed by atoms with van der Waals surface area (Å²) in [6.07, 6.45) is 0. The minimum absolute atomic E-state index is 0.0558. The van der Waals surface area contributed by atoms with Gasteiger partial charge < -0.3 is 29.2 Å². The lowest BCUT2D eigenvalue weighted by Gasteiger charge is -2.47. The second-order valence-electron chi connectivity index (χ2n) is 48.9. The number of hydrogen-bond donors (Lipinski definition) is 0. The fourth-order valence-corrected chi connectivity index (χ4v) is 23.4. The van der Waals surface area contributed by atoms with Crippen LogP contribution >= 0.6 is 0 Å². The van der Waals surface area contributed by atoms with Crippen molar-refractivity contribution < 1.29 is 4.74 Å². The van der Waals surface area contributed by atoms with Crippen LogP contribution in [0.25, 0.3) is 77.9 Å². The highest BCUT2D eigenvalue weighted by Gasteiger charge is 2.51. The molecule has 4 aliphatic heterocycles. The van der Waals surface area contributed by atoms with E-state index in [1.807, 2.05) is 0 Å². The van der Waals surface area contributed by atoms with Gasteiger partial charge in [-0.2, -0.15) is 0 Å². The maximum Gasteiger partial charge on any atom is 0.256 e. The highest BCUT2D eigenvalue weighted by Crippen LogP contribution is 2.59. The first-order valence-electron chi connectivity index (χ1n) is 53.7. The molecular weight excluding hydrogens is 1810 g/mol. The minimum Gasteiger partial charge on any atom is -0.458 e. The smallest absolute Gasteiger partial charge is 0.256 e. The fourth-order valence-electron chi connectivity index (χ4n) is 23.4. The van der Waals surface area contributed by atoms with Crippen LogP contribution in [0.15, 0.2) is 425 Å². The van der Waals surface area contributed by atoms with Crippen LogP contribution in [0.1, 0.15) is 184 Å². The Labute approximate surface area is 890 Å². The summed E-state index contributed by atoms with van der Waals surface area (Å²) in [6, 6.07) is 164. The van der Waals surface area contributed by atoms with E-state index in [1.54, 1.807) is 0 Å².